The first-order valence-electron chi connectivity index (χ1n) is 14.5. The number of ketones is 2. The van der Waals surface area contributed by atoms with Gasteiger partial charge in [0.2, 0.25) is 11.6 Å². The molecule has 0 spiro atoms. The van der Waals surface area contributed by atoms with Gasteiger partial charge < -0.3 is 10.4 Å². The van der Waals surface area contributed by atoms with Crippen LogP contribution < -0.4 is 5.32 Å². The number of rotatable bonds is 18. The van der Waals surface area contributed by atoms with Crippen molar-refractivity contribution in [1.82, 2.24) is 5.32 Å². The average molecular weight is 504 g/mol. The van der Waals surface area contributed by atoms with Crippen LogP contribution in [0.15, 0.2) is 60.2 Å². The molecule has 1 atom stereocenters. The van der Waals surface area contributed by atoms with Gasteiger partial charge in [-0.2, -0.15) is 0 Å². The number of hydrogen-bond acceptors (Lipinski definition) is 4. The summed E-state index contributed by atoms with van der Waals surface area (Å²) < 4.78 is 0. The van der Waals surface area contributed by atoms with Gasteiger partial charge in [0, 0.05) is 11.1 Å². The fourth-order valence-corrected chi connectivity index (χ4v) is 5.25. The van der Waals surface area contributed by atoms with Crippen molar-refractivity contribution in [3.8, 4) is 0 Å². The van der Waals surface area contributed by atoms with Crippen LogP contribution in [0, 0.1) is 0 Å². The van der Waals surface area contributed by atoms with Crippen molar-refractivity contribution in [2.75, 3.05) is 6.54 Å². The molecule has 4 nitrogen and oxygen atoms in total. The van der Waals surface area contributed by atoms with Crippen molar-refractivity contribution >= 4 is 17.3 Å². The van der Waals surface area contributed by atoms with Crippen LogP contribution in [0.2, 0.25) is 0 Å². The van der Waals surface area contributed by atoms with Crippen LogP contribution in [0.25, 0.3) is 5.76 Å². The van der Waals surface area contributed by atoms with Crippen molar-refractivity contribution in [2.45, 2.75) is 103 Å². The minimum Gasteiger partial charge on any atom is -0.507 e. The van der Waals surface area contributed by atoms with E-state index in [4.69, 9.17) is 0 Å². The van der Waals surface area contributed by atoms with E-state index in [9.17, 15) is 14.7 Å². The predicted octanol–water partition coefficient (Wildman–Crippen LogP) is 8.53. The van der Waals surface area contributed by atoms with E-state index >= 15 is 0 Å². The Hall–Kier alpha value is -2.72. The maximum Gasteiger partial charge on any atom is 0.235 e. The Labute approximate surface area is 223 Å². The third-order valence-corrected chi connectivity index (χ3v) is 7.43. The largest absolute Gasteiger partial charge is 0.507 e. The van der Waals surface area contributed by atoms with Crippen LogP contribution in [0.4, 0.5) is 0 Å². The third kappa shape index (κ3) is 8.67. The average Bonchev–Trinajstić information content (AvgIpc) is 2.93. The Bertz CT molecular complexity index is 1010. The van der Waals surface area contributed by atoms with Gasteiger partial charge in [-0.1, -0.05) is 145 Å². The molecule has 0 bridgehead atoms. The van der Waals surface area contributed by atoms with E-state index in [1.54, 1.807) is 24.3 Å². The molecule has 4 heteroatoms. The fraction of sp³-hybridized carbons (Fsp3) is 0.515. The molecule has 37 heavy (non-hydrogen) atoms. The molecule has 0 radical (unpaired) electrons. The maximum absolute atomic E-state index is 13.1. The van der Waals surface area contributed by atoms with Crippen LogP contribution >= 0.6 is 0 Å². The van der Waals surface area contributed by atoms with E-state index < -0.39 is 17.6 Å². The van der Waals surface area contributed by atoms with Gasteiger partial charge in [-0.25, -0.2) is 0 Å². The molecule has 0 saturated heterocycles. The van der Waals surface area contributed by atoms with Crippen molar-refractivity contribution < 1.29 is 14.7 Å². The first kappa shape index (κ1) is 28.8. The highest BCUT2D eigenvalue weighted by molar-refractivity contribution is 6.52. The molecular weight excluding hydrogens is 458 g/mol. The summed E-state index contributed by atoms with van der Waals surface area (Å²) in [6.07, 6.45) is 18.3. The highest BCUT2D eigenvalue weighted by Crippen LogP contribution is 2.35. The molecule has 3 rings (SSSR count). The fourth-order valence-electron chi connectivity index (χ4n) is 5.25. The Kier molecular flexibility index (Phi) is 12.6. The van der Waals surface area contributed by atoms with E-state index in [0.29, 0.717) is 5.56 Å². The Morgan fingerprint density at radius 2 is 1.11 bits per heavy atom. The number of aliphatic hydroxyl groups is 1. The van der Waals surface area contributed by atoms with Gasteiger partial charge >= 0.3 is 0 Å². The van der Waals surface area contributed by atoms with Gasteiger partial charge in [-0.15, -0.1) is 0 Å². The topological polar surface area (TPSA) is 66.4 Å². The molecule has 0 unspecified atom stereocenters. The molecule has 0 saturated carbocycles. The van der Waals surface area contributed by atoms with E-state index in [1.165, 1.54) is 77.0 Å². The lowest BCUT2D eigenvalue weighted by Crippen LogP contribution is -2.34. The highest BCUT2D eigenvalue weighted by Gasteiger charge is 2.37. The van der Waals surface area contributed by atoms with E-state index in [1.807, 2.05) is 30.3 Å². The van der Waals surface area contributed by atoms with Crippen molar-refractivity contribution in [3.63, 3.8) is 0 Å². The second-order valence-electron chi connectivity index (χ2n) is 10.4. The van der Waals surface area contributed by atoms with E-state index in [0.717, 1.165) is 24.9 Å². The van der Waals surface area contributed by atoms with Crippen LogP contribution in [0.3, 0.4) is 0 Å². The molecule has 0 amide bonds. The number of hydrogen-bond donors (Lipinski definition) is 2. The second kappa shape index (κ2) is 16.2. The zero-order chi connectivity index (χ0) is 26.3. The molecule has 2 N–H and O–H groups in total. The third-order valence-electron chi connectivity index (χ3n) is 7.43. The van der Waals surface area contributed by atoms with Gasteiger partial charge in [-0.3, -0.25) is 9.59 Å². The summed E-state index contributed by atoms with van der Waals surface area (Å²) in [5, 5.41) is 14.5. The van der Waals surface area contributed by atoms with Gasteiger partial charge in [0.15, 0.2) is 0 Å². The number of carbonyl (C=O) groups excluding carboxylic acids is 2. The van der Waals surface area contributed by atoms with Crippen molar-refractivity contribution in [2.24, 2.45) is 0 Å². The summed E-state index contributed by atoms with van der Waals surface area (Å²) in [5.41, 5.74) is 1.73. The summed E-state index contributed by atoms with van der Waals surface area (Å²) in [4.78, 5) is 25.9. The van der Waals surface area contributed by atoms with Gasteiger partial charge in [0.1, 0.15) is 5.76 Å². The molecule has 1 aliphatic rings. The van der Waals surface area contributed by atoms with E-state index in [2.05, 4.69) is 12.2 Å². The molecule has 2 aromatic rings. The molecule has 0 aromatic heterocycles. The van der Waals surface area contributed by atoms with Crippen LogP contribution in [0.5, 0.6) is 0 Å². The minimum atomic E-state index is -0.626. The predicted molar refractivity (Wildman–Crippen MR) is 153 cm³/mol. The number of aliphatic hydroxyl groups excluding tert-OH is 1. The molecule has 2 aromatic carbocycles. The molecule has 0 aliphatic heterocycles. The zero-order valence-electron chi connectivity index (χ0n) is 22.6. The molecule has 0 fully saturated rings. The number of carbonyl (C=O) groups is 2. The Morgan fingerprint density at radius 1 is 0.622 bits per heavy atom. The molecule has 200 valence electrons. The lowest BCUT2D eigenvalue weighted by molar-refractivity contribution is -0.112. The van der Waals surface area contributed by atoms with E-state index in [-0.39, 0.29) is 16.9 Å². The highest BCUT2D eigenvalue weighted by atomic mass is 16.3. The standard InChI is InChI=1S/C33H45NO3/c1-2-3-4-5-6-7-8-9-10-11-12-13-14-20-25-34-30(26-21-16-15-17-22-26)29-31(35)27-23-18-19-24-28(27)32(36)33(29)37/h15-19,21-24,30,34-35H,2-14,20,25H2,1H3/t30-/m0/s1. The van der Waals surface area contributed by atoms with Gasteiger partial charge in [0.25, 0.3) is 0 Å². The summed E-state index contributed by atoms with van der Waals surface area (Å²) >= 11 is 0. The summed E-state index contributed by atoms with van der Waals surface area (Å²) in [6, 6.07) is 15.9. The number of Topliss-reactive ketones (excluding diaryl/α,β-unsaturated/α-hetero) is 2. The first-order valence-corrected chi connectivity index (χ1v) is 14.5. The first-order chi connectivity index (χ1) is 18.1. The molecule has 1 aliphatic carbocycles. The zero-order valence-corrected chi connectivity index (χ0v) is 22.6. The van der Waals surface area contributed by atoms with Crippen LogP contribution in [-0.4, -0.2) is 23.2 Å². The normalized spacial score (nSPS) is 14.2. The second-order valence-corrected chi connectivity index (χ2v) is 10.4. The maximum atomic E-state index is 13.1. The van der Waals surface area contributed by atoms with Gasteiger partial charge in [0.05, 0.1) is 11.6 Å². The lowest BCUT2D eigenvalue weighted by Gasteiger charge is -2.26. The molecule has 0 heterocycles. The number of nitrogens with one attached hydrogen (secondary N) is 1. The smallest absolute Gasteiger partial charge is 0.235 e. The van der Waals surface area contributed by atoms with Crippen molar-refractivity contribution in [3.05, 3.63) is 76.9 Å². The Morgan fingerprint density at radius 3 is 1.68 bits per heavy atom. The van der Waals surface area contributed by atoms with Crippen LogP contribution in [-0.2, 0) is 4.79 Å². The van der Waals surface area contributed by atoms with Gasteiger partial charge in [-0.05, 0) is 18.5 Å². The summed E-state index contributed by atoms with van der Waals surface area (Å²) in [6.45, 7) is 2.99. The monoisotopic (exact) mass is 503 g/mol. The SMILES string of the molecule is CCCCCCCCCCCCCCCCN[C@H](C1=C(O)c2ccccc2C(=O)C1=O)c1ccccc1. The number of fused-ring (bicyclic) bond motifs is 1. The number of benzene rings is 2. The summed E-state index contributed by atoms with van der Waals surface area (Å²) in [7, 11) is 0. The number of unbranched alkanes of at least 4 members (excludes halogenated alkanes) is 13. The van der Waals surface area contributed by atoms with Crippen molar-refractivity contribution in [1.29, 1.82) is 0 Å². The minimum absolute atomic E-state index is 0.0949. The van der Waals surface area contributed by atoms with Crippen LogP contribution in [0.1, 0.15) is 124 Å². The summed E-state index contributed by atoms with van der Waals surface area (Å²) in [5.74, 6) is -1.27. The lowest BCUT2D eigenvalue weighted by atomic mass is 9.83. The molecular formula is C33H45NO3. The quantitative estimate of drug-likeness (QED) is 0.158. The Balaban J connectivity index is 1.43.